The van der Waals surface area contributed by atoms with Gasteiger partial charge in [0.1, 0.15) is 0 Å². The highest BCUT2D eigenvalue weighted by Gasteiger charge is 2.14. The summed E-state index contributed by atoms with van der Waals surface area (Å²) in [6, 6.07) is 6.27. The lowest BCUT2D eigenvalue weighted by Gasteiger charge is -2.12. The van der Waals surface area contributed by atoms with Gasteiger partial charge in [-0.25, -0.2) is 0 Å². The third-order valence-corrected chi connectivity index (χ3v) is 3.65. The lowest BCUT2D eigenvalue weighted by atomic mass is 10.0. The number of nitrogens with one attached hydrogen (secondary N) is 1. The van der Waals surface area contributed by atoms with Crippen LogP contribution in [0.3, 0.4) is 0 Å². The molecule has 0 saturated heterocycles. The lowest BCUT2D eigenvalue weighted by Crippen LogP contribution is -2.21. The fraction of sp³-hybridized carbons (Fsp3) is 0.533. The van der Waals surface area contributed by atoms with Crippen molar-refractivity contribution in [3.05, 3.63) is 29.3 Å². The molecule has 0 heterocycles. The molecule has 0 bridgehead atoms. The molecule has 0 saturated carbocycles. The first kappa shape index (κ1) is 13.1. The van der Waals surface area contributed by atoms with Crippen molar-refractivity contribution in [3.8, 4) is 0 Å². The summed E-state index contributed by atoms with van der Waals surface area (Å²) in [5.74, 6) is 0.128. The molecule has 2 rings (SSSR count). The molecular weight excluding hydrogens is 224 g/mol. The SMILES string of the molecule is CC(CCCN)C(=O)Nc1ccc2c(c1)CCC2. The van der Waals surface area contributed by atoms with Gasteiger partial charge >= 0.3 is 0 Å². The number of fused-ring (bicyclic) bond motifs is 1. The summed E-state index contributed by atoms with van der Waals surface area (Å²) < 4.78 is 0. The Labute approximate surface area is 109 Å². The van der Waals surface area contributed by atoms with E-state index in [1.54, 1.807) is 0 Å². The molecule has 0 aromatic heterocycles. The Bertz CT molecular complexity index is 429. The van der Waals surface area contributed by atoms with Crippen molar-refractivity contribution in [1.82, 2.24) is 0 Å². The zero-order chi connectivity index (χ0) is 13.0. The molecule has 1 aliphatic rings. The third-order valence-electron chi connectivity index (χ3n) is 3.65. The summed E-state index contributed by atoms with van der Waals surface area (Å²) in [4.78, 5) is 12.0. The molecule has 1 unspecified atom stereocenters. The van der Waals surface area contributed by atoms with Crippen molar-refractivity contribution in [2.75, 3.05) is 11.9 Å². The van der Waals surface area contributed by atoms with Crippen molar-refractivity contribution in [3.63, 3.8) is 0 Å². The Balaban J connectivity index is 1.94. The zero-order valence-electron chi connectivity index (χ0n) is 11.0. The van der Waals surface area contributed by atoms with Crippen LogP contribution >= 0.6 is 0 Å². The first-order valence-corrected chi connectivity index (χ1v) is 6.83. The maximum Gasteiger partial charge on any atom is 0.227 e. The first-order chi connectivity index (χ1) is 8.70. The molecule has 3 N–H and O–H groups in total. The van der Waals surface area contributed by atoms with E-state index in [2.05, 4.69) is 17.4 Å². The molecule has 1 atom stereocenters. The Morgan fingerprint density at radius 3 is 2.94 bits per heavy atom. The molecule has 1 amide bonds. The number of aryl methyl sites for hydroxylation is 2. The molecule has 98 valence electrons. The molecule has 0 spiro atoms. The highest BCUT2D eigenvalue weighted by molar-refractivity contribution is 5.92. The summed E-state index contributed by atoms with van der Waals surface area (Å²) in [5.41, 5.74) is 9.22. The summed E-state index contributed by atoms with van der Waals surface area (Å²) in [6.45, 7) is 2.61. The van der Waals surface area contributed by atoms with E-state index >= 15 is 0 Å². The average Bonchev–Trinajstić information content (AvgIpc) is 2.83. The fourth-order valence-electron chi connectivity index (χ4n) is 2.47. The molecule has 0 aliphatic heterocycles. The Morgan fingerprint density at radius 1 is 1.39 bits per heavy atom. The molecule has 1 aliphatic carbocycles. The van der Waals surface area contributed by atoms with E-state index in [0.29, 0.717) is 6.54 Å². The minimum absolute atomic E-state index is 0.0294. The third kappa shape index (κ3) is 3.10. The quantitative estimate of drug-likeness (QED) is 0.838. The zero-order valence-corrected chi connectivity index (χ0v) is 11.0. The van der Waals surface area contributed by atoms with E-state index in [4.69, 9.17) is 5.73 Å². The van der Waals surface area contributed by atoms with Crippen molar-refractivity contribution < 1.29 is 4.79 Å². The van der Waals surface area contributed by atoms with Crippen LogP contribution < -0.4 is 11.1 Å². The lowest BCUT2D eigenvalue weighted by molar-refractivity contribution is -0.119. The second-order valence-corrected chi connectivity index (χ2v) is 5.16. The van der Waals surface area contributed by atoms with Crippen LogP contribution in [0.5, 0.6) is 0 Å². The van der Waals surface area contributed by atoms with Crippen molar-refractivity contribution in [2.45, 2.75) is 39.0 Å². The number of amides is 1. The Morgan fingerprint density at radius 2 is 2.17 bits per heavy atom. The minimum atomic E-state index is 0.0294. The minimum Gasteiger partial charge on any atom is -0.330 e. The maximum absolute atomic E-state index is 12.0. The molecule has 0 radical (unpaired) electrons. The molecule has 1 aromatic carbocycles. The van der Waals surface area contributed by atoms with Crippen molar-refractivity contribution in [1.29, 1.82) is 0 Å². The highest BCUT2D eigenvalue weighted by atomic mass is 16.1. The smallest absolute Gasteiger partial charge is 0.227 e. The number of carbonyl (C=O) groups excluding carboxylic acids is 1. The van der Waals surface area contributed by atoms with Crippen LogP contribution in [0.2, 0.25) is 0 Å². The van der Waals surface area contributed by atoms with Gasteiger partial charge in [-0.2, -0.15) is 0 Å². The summed E-state index contributed by atoms with van der Waals surface area (Å²) >= 11 is 0. The molecule has 3 heteroatoms. The van der Waals surface area contributed by atoms with Gasteiger partial charge in [-0.05, 0) is 61.9 Å². The Kier molecular flexibility index (Phi) is 4.37. The van der Waals surface area contributed by atoms with Gasteiger partial charge in [0, 0.05) is 11.6 Å². The predicted molar refractivity (Wildman–Crippen MR) is 74.5 cm³/mol. The number of hydrogen-bond donors (Lipinski definition) is 2. The second kappa shape index (κ2) is 6.01. The summed E-state index contributed by atoms with van der Waals surface area (Å²) in [7, 11) is 0. The van der Waals surface area contributed by atoms with E-state index in [9.17, 15) is 4.79 Å². The van der Waals surface area contributed by atoms with E-state index in [1.165, 1.54) is 24.0 Å². The van der Waals surface area contributed by atoms with Gasteiger partial charge in [-0.15, -0.1) is 0 Å². The van der Waals surface area contributed by atoms with Crippen LogP contribution in [-0.2, 0) is 17.6 Å². The standard InChI is InChI=1S/C15H22N2O/c1-11(4-3-9-16)15(18)17-14-8-7-12-5-2-6-13(12)10-14/h7-8,10-11H,2-6,9,16H2,1H3,(H,17,18). The average molecular weight is 246 g/mol. The van der Waals surface area contributed by atoms with E-state index < -0.39 is 0 Å². The molecule has 0 fully saturated rings. The number of hydrogen-bond acceptors (Lipinski definition) is 2. The molecule has 3 nitrogen and oxygen atoms in total. The van der Waals surface area contributed by atoms with Crippen LogP contribution in [-0.4, -0.2) is 12.5 Å². The van der Waals surface area contributed by atoms with Crippen LogP contribution in [0.4, 0.5) is 5.69 Å². The largest absolute Gasteiger partial charge is 0.330 e. The van der Waals surface area contributed by atoms with Crippen LogP contribution in [0.25, 0.3) is 0 Å². The number of nitrogens with two attached hydrogens (primary N) is 1. The monoisotopic (exact) mass is 246 g/mol. The predicted octanol–water partition coefficient (Wildman–Crippen LogP) is 2.49. The number of benzene rings is 1. The fourth-order valence-corrected chi connectivity index (χ4v) is 2.47. The second-order valence-electron chi connectivity index (χ2n) is 5.16. The number of anilines is 1. The maximum atomic E-state index is 12.0. The summed E-state index contributed by atoms with van der Waals surface area (Å²) in [5, 5.41) is 3.00. The Hall–Kier alpha value is -1.35. The molecular formula is C15H22N2O. The van der Waals surface area contributed by atoms with Gasteiger partial charge in [0.25, 0.3) is 0 Å². The van der Waals surface area contributed by atoms with E-state index in [0.717, 1.165) is 24.9 Å². The first-order valence-electron chi connectivity index (χ1n) is 6.83. The van der Waals surface area contributed by atoms with Gasteiger partial charge in [0.15, 0.2) is 0 Å². The topological polar surface area (TPSA) is 55.1 Å². The van der Waals surface area contributed by atoms with Gasteiger partial charge in [0.2, 0.25) is 5.91 Å². The van der Waals surface area contributed by atoms with Gasteiger partial charge in [-0.1, -0.05) is 13.0 Å². The highest BCUT2D eigenvalue weighted by Crippen LogP contribution is 2.25. The van der Waals surface area contributed by atoms with E-state index in [1.807, 2.05) is 13.0 Å². The number of rotatable bonds is 5. The van der Waals surface area contributed by atoms with Crippen molar-refractivity contribution in [2.24, 2.45) is 11.7 Å². The molecule has 1 aromatic rings. The van der Waals surface area contributed by atoms with Crippen LogP contribution in [0.15, 0.2) is 18.2 Å². The van der Waals surface area contributed by atoms with E-state index in [-0.39, 0.29) is 11.8 Å². The summed E-state index contributed by atoms with van der Waals surface area (Å²) in [6.07, 6.45) is 5.31. The van der Waals surface area contributed by atoms with Gasteiger partial charge < -0.3 is 11.1 Å². The van der Waals surface area contributed by atoms with Crippen LogP contribution in [0.1, 0.15) is 37.3 Å². The van der Waals surface area contributed by atoms with Gasteiger partial charge in [-0.3, -0.25) is 4.79 Å². The molecule has 18 heavy (non-hydrogen) atoms. The number of carbonyl (C=O) groups is 1. The van der Waals surface area contributed by atoms with Crippen LogP contribution in [0, 0.1) is 5.92 Å². The van der Waals surface area contributed by atoms with Crippen molar-refractivity contribution >= 4 is 11.6 Å². The van der Waals surface area contributed by atoms with Gasteiger partial charge in [0.05, 0.1) is 0 Å². The normalized spacial score (nSPS) is 15.2.